The number of carboxylic acids is 2. The van der Waals surface area contributed by atoms with Crippen molar-refractivity contribution in [2.75, 3.05) is 18.5 Å². The van der Waals surface area contributed by atoms with Gasteiger partial charge in [-0.05, 0) is 36.2 Å². The normalized spacial score (nSPS) is 15.7. The van der Waals surface area contributed by atoms with E-state index < -0.39 is 24.0 Å². The first-order chi connectivity index (χ1) is 16.4. The number of carboxylic acid groups (broad SMARTS) is 2. The first-order valence-electron chi connectivity index (χ1n) is 10.6. The van der Waals surface area contributed by atoms with Gasteiger partial charge in [-0.15, -0.1) is 0 Å². The van der Waals surface area contributed by atoms with Crippen LogP contribution in [-0.2, 0) is 27.3 Å². The Morgan fingerprint density at radius 1 is 1.14 bits per heavy atom. The van der Waals surface area contributed by atoms with Crippen molar-refractivity contribution in [3.05, 3.63) is 63.6 Å². The maximum atomic E-state index is 10.9. The van der Waals surface area contributed by atoms with Gasteiger partial charge in [0.15, 0.2) is 0 Å². The Hall–Kier alpha value is -2.72. The minimum atomic E-state index is -1.00. The van der Waals surface area contributed by atoms with E-state index in [2.05, 4.69) is 0 Å². The molecule has 2 aromatic carbocycles. The molecule has 8 nitrogen and oxygen atoms in total. The summed E-state index contributed by atoms with van der Waals surface area (Å²) >= 11 is 17.2. The lowest BCUT2D eigenvalue weighted by molar-refractivity contribution is -0.147. The lowest BCUT2D eigenvalue weighted by atomic mass is 10.1. The van der Waals surface area contributed by atoms with Gasteiger partial charge in [-0.2, -0.15) is 0 Å². The number of hydrogen-bond donors (Lipinski definition) is 3. The van der Waals surface area contributed by atoms with Crippen molar-refractivity contribution < 1.29 is 24.6 Å². The third-order valence-corrected chi connectivity index (χ3v) is 6.44. The predicted molar refractivity (Wildman–Crippen MR) is 140 cm³/mol. The quantitative estimate of drug-likeness (QED) is 0.455. The average Bonchev–Trinajstić information content (AvgIpc) is 3.19. The third kappa shape index (κ3) is 8.17. The summed E-state index contributed by atoms with van der Waals surface area (Å²) in [7, 11) is 1.94. The molecule has 1 fully saturated rings. The molecule has 4 N–H and O–H groups in total. The number of nitrogens with zero attached hydrogens (tertiary/aromatic N) is 2. The molecule has 0 bridgehead atoms. The minimum absolute atomic E-state index is 0.234. The van der Waals surface area contributed by atoms with E-state index in [1.165, 1.54) is 11.8 Å². The van der Waals surface area contributed by atoms with Gasteiger partial charge in [0.25, 0.3) is 0 Å². The maximum absolute atomic E-state index is 10.9. The monoisotopic (exact) mass is 539 g/mol. The highest BCUT2D eigenvalue weighted by Gasteiger charge is 2.34. The summed E-state index contributed by atoms with van der Waals surface area (Å²) in [5, 5.41) is 18.8. The Labute approximate surface area is 219 Å². The molecule has 0 spiro atoms. The molecule has 2 aromatic rings. The molecule has 0 unspecified atom stereocenters. The molecule has 0 radical (unpaired) electrons. The number of aliphatic carboxylic acids is 2. The fourth-order valence-electron chi connectivity index (χ4n) is 3.48. The number of anilines is 1. The number of nitrogens with two attached hydrogens (primary N) is 1. The summed E-state index contributed by atoms with van der Waals surface area (Å²) in [5.74, 6) is -2.22. The van der Waals surface area contributed by atoms with Crippen LogP contribution in [0.15, 0.2) is 42.5 Å². The van der Waals surface area contributed by atoms with Crippen molar-refractivity contribution in [1.82, 2.24) is 4.90 Å². The number of carbonyl (C=O) groups is 3. The molecule has 1 heterocycles. The van der Waals surface area contributed by atoms with Crippen LogP contribution >= 0.6 is 35.4 Å². The number of amides is 1. The van der Waals surface area contributed by atoms with Crippen molar-refractivity contribution >= 4 is 63.8 Å². The van der Waals surface area contributed by atoms with Gasteiger partial charge in [0, 0.05) is 53.1 Å². The van der Waals surface area contributed by atoms with Gasteiger partial charge in [-0.25, -0.2) is 4.79 Å². The zero-order valence-electron chi connectivity index (χ0n) is 19.3. The number of likely N-dealkylation sites (tertiary alicyclic amines) is 1. The molecule has 11 heteroatoms. The molecular formula is C24H27Cl2N3O5S. The van der Waals surface area contributed by atoms with Crippen LogP contribution in [0, 0.1) is 0 Å². The van der Waals surface area contributed by atoms with E-state index in [1.54, 1.807) is 0 Å². The second-order valence-electron chi connectivity index (χ2n) is 8.12. The number of halogens is 2. The Kier molecular flexibility index (Phi) is 10.5. The average molecular weight is 540 g/mol. The molecule has 0 aromatic heterocycles. The van der Waals surface area contributed by atoms with Crippen LogP contribution < -0.4 is 10.6 Å². The molecule has 188 valence electrons. The van der Waals surface area contributed by atoms with E-state index in [4.69, 9.17) is 51.4 Å². The topological polar surface area (TPSA) is 124 Å². The standard InChI is InChI=1S/C17H18Cl2N2O2.C7H9NO3S/c1-21(10-13-14(18)3-2-4-15(13)19)12-7-5-11(6-8-12)9-16(20)17(22)23;1-4(9)8-3-5(12)2-6(8)7(10)11/h2-8,16H,9-10,20H2,1H3,(H,22,23);6H,2-3H2,1H3,(H,10,11)/t16-;6-/m00/s1. The molecule has 1 amide bonds. The maximum Gasteiger partial charge on any atom is 0.326 e. The van der Waals surface area contributed by atoms with Gasteiger partial charge in [0.05, 0.1) is 6.54 Å². The highest BCUT2D eigenvalue weighted by atomic mass is 35.5. The first-order valence-corrected chi connectivity index (χ1v) is 11.8. The van der Waals surface area contributed by atoms with E-state index in [0.717, 1.165) is 16.8 Å². The van der Waals surface area contributed by atoms with E-state index in [-0.39, 0.29) is 5.91 Å². The Balaban J connectivity index is 0.000000303. The largest absolute Gasteiger partial charge is 0.480 e. The summed E-state index contributed by atoms with van der Waals surface area (Å²) in [5.41, 5.74) is 8.28. The van der Waals surface area contributed by atoms with Crippen LogP contribution in [-0.4, -0.2) is 63.5 Å². The van der Waals surface area contributed by atoms with Crippen molar-refractivity contribution in [3.63, 3.8) is 0 Å². The van der Waals surface area contributed by atoms with Gasteiger partial charge in [-0.1, -0.05) is 53.6 Å². The minimum Gasteiger partial charge on any atom is -0.480 e. The number of benzene rings is 2. The highest BCUT2D eigenvalue weighted by molar-refractivity contribution is 7.80. The zero-order valence-corrected chi connectivity index (χ0v) is 21.6. The van der Waals surface area contributed by atoms with Crippen molar-refractivity contribution in [1.29, 1.82) is 0 Å². The third-order valence-electron chi connectivity index (χ3n) is 5.44. The number of thiocarbonyl (C=S) groups is 1. The zero-order chi connectivity index (χ0) is 26.3. The fraction of sp³-hybridized carbons (Fsp3) is 0.333. The number of rotatable bonds is 7. The molecule has 1 aliphatic rings. The van der Waals surface area contributed by atoms with Crippen LogP contribution in [0.4, 0.5) is 5.69 Å². The second kappa shape index (κ2) is 12.8. The van der Waals surface area contributed by atoms with E-state index in [0.29, 0.717) is 40.8 Å². The Bertz CT molecular complexity index is 1050. The van der Waals surface area contributed by atoms with Crippen LogP contribution in [0.5, 0.6) is 0 Å². The SMILES string of the molecule is CC(=O)N1CC(=S)C[C@H]1C(=O)O.CN(Cc1c(Cl)cccc1Cl)c1ccc(C[C@H](N)C(=O)O)cc1. The summed E-state index contributed by atoms with van der Waals surface area (Å²) in [6.45, 7) is 2.23. The van der Waals surface area contributed by atoms with E-state index >= 15 is 0 Å². The predicted octanol–water partition coefficient (Wildman–Crippen LogP) is 3.65. The molecule has 1 saturated heterocycles. The molecular weight excluding hydrogens is 513 g/mol. The summed E-state index contributed by atoms with van der Waals surface area (Å²) in [6, 6.07) is 11.4. The molecule has 2 atom stereocenters. The fourth-order valence-corrected chi connectivity index (χ4v) is 4.30. The van der Waals surface area contributed by atoms with Gasteiger partial charge in [-0.3, -0.25) is 9.59 Å². The molecule has 0 saturated carbocycles. The first kappa shape index (κ1) is 28.5. The molecule has 1 aliphatic heterocycles. The van der Waals surface area contributed by atoms with E-state index in [1.807, 2.05) is 54.4 Å². The Morgan fingerprint density at radius 3 is 2.17 bits per heavy atom. The van der Waals surface area contributed by atoms with Gasteiger partial charge < -0.3 is 25.7 Å². The molecule has 0 aliphatic carbocycles. The van der Waals surface area contributed by atoms with Crippen LogP contribution in [0.1, 0.15) is 24.5 Å². The van der Waals surface area contributed by atoms with Gasteiger partial charge in [0.1, 0.15) is 12.1 Å². The summed E-state index contributed by atoms with van der Waals surface area (Å²) < 4.78 is 0. The molecule has 3 rings (SSSR count). The molecule has 35 heavy (non-hydrogen) atoms. The summed E-state index contributed by atoms with van der Waals surface area (Å²) in [6.07, 6.45) is 0.611. The van der Waals surface area contributed by atoms with Crippen LogP contribution in [0.3, 0.4) is 0 Å². The Morgan fingerprint density at radius 2 is 1.71 bits per heavy atom. The second-order valence-corrected chi connectivity index (χ2v) is 9.51. The van der Waals surface area contributed by atoms with Crippen LogP contribution in [0.2, 0.25) is 10.0 Å². The van der Waals surface area contributed by atoms with Crippen molar-refractivity contribution in [3.8, 4) is 0 Å². The van der Waals surface area contributed by atoms with Crippen LogP contribution in [0.25, 0.3) is 0 Å². The lowest BCUT2D eigenvalue weighted by Crippen LogP contribution is -2.39. The van der Waals surface area contributed by atoms with Crippen molar-refractivity contribution in [2.24, 2.45) is 5.73 Å². The highest BCUT2D eigenvalue weighted by Crippen LogP contribution is 2.27. The van der Waals surface area contributed by atoms with Gasteiger partial charge in [0.2, 0.25) is 5.91 Å². The smallest absolute Gasteiger partial charge is 0.326 e. The summed E-state index contributed by atoms with van der Waals surface area (Å²) in [4.78, 5) is 36.2. The van der Waals surface area contributed by atoms with Gasteiger partial charge >= 0.3 is 11.9 Å². The number of hydrogen-bond acceptors (Lipinski definition) is 6. The lowest BCUT2D eigenvalue weighted by Gasteiger charge is -2.21. The van der Waals surface area contributed by atoms with Crippen molar-refractivity contribution in [2.45, 2.75) is 38.4 Å². The van der Waals surface area contributed by atoms with E-state index in [9.17, 15) is 14.4 Å². The number of carbonyl (C=O) groups excluding carboxylic acids is 1.